The number of benzene rings is 2. The van der Waals surface area contributed by atoms with Gasteiger partial charge in [-0.05, 0) is 31.5 Å². The van der Waals surface area contributed by atoms with Crippen LogP contribution in [0.4, 0.5) is 11.4 Å². The van der Waals surface area contributed by atoms with Crippen molar-refractivity contribution < 1.29 is 4.92 Å². The lowest BCUT2D eigenvalue weighted by Crippen LogP contribution is -2.31. The molecule has 0 aromatic heterocycles. The monoisotopic (exact) mass is 336 g/mol. The molecular formula is C19H20N4O2. The predicted octanol–water partition coefficient (Wildman–Crippen LogP) is 4.03. The van der Waals surface area contributed by atoms with Crippen LogP contribution in [0.15, 0.2) is 70.9 Å². The average molecular weight is 336 g/mol. The Balaban J connectivity index is 1.67. The molecule has 2 aromatic carbocycles. The molecule has 3 rings (SSSR count). The lowest BCUT2D eigenvalue weighted by Gasteiger charge is -2.19. The first-order valence-corrected chi connectivity index (χ1v) is 8.11. The Hall–Kier alpha value is -3.15. The number of hydrazine groups is 1. The molecule has 25 heavy (non-hydrogen) atoms. The highest BCUT2D eigenvalue weighted by Crippen LogP contribution is 2.23. The summed E-state index contributed by atoms with van der Waals surface area (Å²) in [5.74, 6) is 0. The molecule has 1 heterocycles. The molecule has 1 N–H and O–H groups in total. The van der Waals surface area contributed by atoms with E-state index in [0.717, 1.165) is 17.0 Å². The van der Waals surface area contributed by atoms with E-state index in [2.05, 4.69) is 29.5 Å². The highest BCUT2D eigenvalue weighted by atomic mass is 16.6. The molecule has 0 amide bonds. The van der Waals surface area contributed by atoms with Crippen molar-refractivity contribution >= 4 is 17.6 Å². The Morgan fingerprint density at radius 1 is 1.20 bits per heavy atom. The molecule has 1 aliphatic rings. The minimum absolute atomic E-state index is 0.0890. The van der Waals surface area contributed by atoms with Gasteiger partial charge in [0, 0.05) is 29.6 Å². The van der Waals surface area contributed by atoms with Gasteiger partial charge in [-0.3, -0.25) is 20.1 Å². The van der Waals surface area contributed by atoms with Crippen molar-refractivity contribution in [3.8, 4) is 0 Å². The SMILES string of the molecule is CC1=C(C=N[C@@H](C)c2ccccc2)CN(c2ccc([N+](=O)[O-])cc2)N1. The Labute approximate surface area is 146 Å². The summed E-state index contributed by atoms with van der Waals surface area (Å²) in [4.78, 5) is 15.0. The Bertz CT molecular complexity index is 813. The molecule has 0 fully saturated rings. The number of non-ortho nitro benzene ring substituents is 1. The fraction of sp³-hybridized carbons (Fsp3) is 0.211. The molecule has 2 aromatic rings. The van der Waals surface area contributed by atoms with Crippen LogP contribution < -0.4 is 10.4 Å². The first-order chi connectivity index (χ1) is 12.0. The standard InChI is InChI=1S/C19H20N4O2/c1-14(16-6-4-3-5-7-16)20-12-17-13-22(21-15(17)2)18-8-10-19(11-9-18)23(24)25/h3-12,14,21H,13H2,1-2H3/t14-/m0/s1. The molecule has 128 valence electrons. The number of allylic oxidation sites excluding steroid dienone is 1. The molecule has 6 nitrogen and oxygen atoms in total. The lowest BCUT2D eigenvalue weighted by molar-refractivity contribution is -0.384. The van der Waals surface area contributed by atoms with Gasteiger partial charge in [-0.15, -0.1) is 0 Å². The van der Waals surface area contributed by atoms with Crippen molar-refractivity contribution in [1.29, 1.82) is 0 Å². The smallest absolute Gasteiger partial charge is 0.269 e. The van der Waals surface area contributed by atoms with Crippen molar-refractivity contribution in [1.82, 2.24) is 5.43 Å². The summed E-state index contributed by atoms with van der Waals surface area (Å²) < 4.78 is 0. The predicted molar refractivity (Wildman–Crippen MR) is 99.6 cm³/mol. The number of rotatable bonds is 5. The van der Waals surface area contributed by atoms with Crippen molar-refractivity contribution in [3.05, 3.63) is 81.5 Å². The lowest BCUT2D eigenvalue weighted by atomic mass is 10.1. The van der Waals surface area contributed by atoms with Gasteiger partial charge in [-0.25, -0.2) is 0 Å². The van der Waals surface area contributed by atoms with E-state index in [-0.39, 0.29) is 11.7 Å². The number of nitro benzene ring substituents is 1. The molecule has 0 saturated heterocycles. The van der Waals surface area contributed by atoms with Gasteiger partial charge in [0.1, 0.15) is 0 Å². The third kappa shape index (κ3) is 3.85. The summed E-state index contributed by atoms with van der Waals surface area (Å²) >= 11 is 0. The molecule has 0 spiro atoms. The van der Waals surface area contributed by atoms with Gasteiger partial charge in [0.15, 0.2) is 0 Å². The minimum atomic E-state index is -0.395. The van der Waals surface area contributed by atoms with E-state index in [4.69, 9.17) is 0 Å². The first kappa shape index (κ1) is 16.7. The molecule has 1 aliphatic heterocycles. The van der Waals surface area contributed by atoms with Gasteiger partial charge in [0.25, 0.3) is 5.69 Å². The number of anilines is 1. The van der Waals surface area contributed by atoms with Gasteiger partial charge < -0.3 is 5.43 Å². The fourth-order valence-corrected chi connectivity index (χ4v) is 2.67. The number of nitrogens with one attached hydrogen (secondary N) is 1. The van der Waals surface area contributed by atoms with Crippen molar-refractivity contribution in [2.24, 2.45) is 4.99 Å². The summed E-state index contributed by atoms with van der Waals surface area (Å²) in [7, 11) is 0. The van der Waals surface area contributed by atoms with Crippen molar-refractivity contribution in [2.75, 3.05) is 11.6 Å². The first-order valence-electron chi connectivity index (χ1n) is 8.11. The summed E-state index contributed by atoms with van der Waals surface area (Å²) in [5, 5.41) is 12.7. The highest BCUT2D eigenvalue weighted by Gasteiger charge is 2.18. The van der Waals surface area contributed by atoms with Gasteiger partial charge in [-0.1, -0.05) is 30.3 Å². The summed E-state index contributed by atoms with van der Waals surface area (Å²) in [5.41, 5.74) is 7.56. The zero-order valence-electron chi connectivity index (χ0n) is 14.2. The molecular weight excluding hydrogens is 316 g/mol. The quantitative estimate of drug-likeness (QED) is 0.508. The Morgan fingerprint density at radius 3 is 2.52 bits per heavy atom. The van der Waals surface area contributed by atoms with Crippen LogP contribution in [0.1, 0.15) is 25.5 Å². The van der Waals surface area contributed by atoms with Crippen LogP contribution in [0.25, 0.3) is 0 Å². The average Bonchev–Trinajstić information content (AvgIpc) is 3.01. The normalized spacial score (nSPS) is 15.5. The van der Waals surface area contributed by atoms with Crippen LogP contribution >= 0.6 is 0 Å². The largest absolute Gasteiger partial charge is 0.302 e. The topological polar surface area (TPSA) is 70.8 Å². The minimum Gasteiger partial charge on any atom is -0.302 e. The summed E-state index contributed by atoms with van der Waals surface area (Å²) in [6.45, 7) is 4.73. The molecule has 6 heteroatoms. The second-order valence-electron chi connectivity index (χ2n) is 5.99. The molecule has 1 atom stereocenters. The summed E-state index contributed by atoms with van der Waals surface area (Å²) in [6, 6.07) is 16.8. The van der Waals surface area contributed by atoms with Crippen LogP contribution in [-0.2, 0) is 0 Å². The van der Waals surface area contributed by atoms with Crippen LogP contribution in [0.2, 0.25) is 0 Å². The molecule has 0 aliphatic carbocycles. The maximum Gasteiger partial charge on any atom is 0.269 e. The number of hydrogen-bond acceptors (Lipinski definition) is 5. The van der Waals surface area contributed by atoms with E-state index >= 15 is 0 Å². The second-order valence-corrected chi connectivity index (χ2v) is 5.99. The van der Waals surface area contributed by atoms with E-state index < -0.39 is 4.92 Å². The Morgan fingerprint density at radius 2 is 1.88 bits per heavy atom. The Kier molecular flexibility index (Phi) is 4.79. The van der Waals surface area contributed by atoms with Gasteiger partial charge in [0.05, 0.1) is 23.2 Å². The van der Waals surface area contributed by atoms with Gasteiger partial charge in [-0.2, -0.15) is 0 Å². The maximum absolute atomic E-state index is 10.8. The maximum atomic E-state index is 10.8. The number of hydrogen-bond donors (Lipinski definition) is 1. The van der Waals surface area contributed by atoms with E-state index in [0.29, 0.717) is 6.54 Å². The third-order valence-corrected chi connectivity index (χ3v) is 4.22. The molecule has 0 radical (unpaired) electrons. The highest BCUT2D eigenvalue weighted by molar-refractivity contribution is 5.82. The van der Waals surface area contributed by atoms with E-state index in [1.165, 1.54) is 17.7 Å². The third-order valence-electron chi connectivity index (χ3n) is 4.22. The number of nitrogens with zero attached hydrogens (tertiary/aromatic N) is 3. The summed E-state index contributed by atoms with van der Waals surface area (Å²) in [6.07, 6.45) is 1.91. The molecule has 0 unspecified atom stereocenters. The van der Waals surface area contributed by atoms with E-state index in [9.17, 15) is 10.1 Å². The zero-order chi connectivity index (χ0) is 17.8. The van der Waals surface area contributed by atoms with Crippen LogP contribution in [-0.4, -0.2) is 17.7 Å². The van der Waals surface area contributed by atoms with Gasteiger partial charge >= 0.3 is 0 Å². The van der Waals surface area contributed by atoms with E-state index in [1.54, 1.807) is 12.1 Å². The van der Waals surface area contributed by atoms with Crippen molar-refractivity contribution in [2.45, 2.75) is 19.9 Å². The second kappa shape index (κ2) is 7.17. The zero-order valence-corrected chi connectivity index (χ0v) is 14.2. The molecule has 0 saturated carbocycles. The van der Waals surface area contributed by atoms with Gasteiger partial charge in [0.2, 0.25) is 0 Å². The van der Waals surface area contributed by atoms with Crippen LogP contribution in [0.3, 0.4) is 0 Å². The fourth-order valence-electron chi connectivity index (χ4n) is 2.67. The van der Waals surface area contributed by atoms with Crippen LogP contribution in [0, 0.1) is 10.1 Å². The molecule has 0 bridgehead atoms. The number of aliphatic imine (C=N–C) groups is 1. The van der Waals surface area contributed by atoms with E-state index in [1.807, 2.05) is 36.3 Å². The number of nitro groups is 1. The van der Waals surface area contributed by atoms with Crippen LogP contribution in [0.5, 0.6) is 0 Å². The van der Waals surface area contributed by atoms with Crippen molar-refractivity contribution in [3.63, 3.8) is 0 Å².